The van der Waals surface area contributed by atoms with E-state index in [4.69, 9.17) is 0 Å². The highest BCUT2D eigenvalue weighted by Gasteiger charge is 2.22. The van der Waals surface area contributed by atoms with Gasteiger partial charge in [-0.1, -0.05) is 65.2 Å². The monoisotopic (exact) mass is 331 g/mol. The van der Waals surface area contributed by atoms with Crippen LogP contribution < -0.4 is 5.32 Å². The Bertz CT molecular complexity index is 474. The van der Waals surface area contributed by atoms with Crippen molar-refractivity contribution in [2.45, 2.75) is 87.0 Å². The smallest absolute Gasteiger partial charge is 0.0358 e. The lowest BCUT2D eigenvalue weighted by atomic mass is 9.82. The average Bonchev–Trinajstić information content (AvgIpc) is 2.55. The summed E-state index contributed by atoms with van der Waals surface area (Å²) in [6.07, 6.45) is 7.32. The zero-order chi connectivity index (χ0) is 18.3. The van der Waals surface area contributed by atoms with E-state index in [1.165, 1.54) is 54.5 Å². The molecule has 0 radical (unpaired) electrons. The molecule has 1 unspecified atom stereocenters. The first-order valence-corrected chi connectivity index (χ1v) is 10.1. The van der Waals surface area contributed by atoms with Crippen LogP contribution in [0.1, 0.15) is 87.0 Å². The van der Waals surface area contributed by atoms with Crippen molar-refractivity contribution in [1.82, 2.24) is 5.32 Å². The highest BCUT2D eigenvalue weighted by atomic mass is 14.9. The molecule has 0 saturated carbocycles. The molecule has 0 aromatic rings. The summed E-state index contributed by atoms with van der Waals surface area (Å²) in [4.78, 5) is 0. The predicted molar refractivity (Wildman–Crippen MR) is 109 cm³/mol. The molecule has 1 atom stereocenters. The number of hydrogen-bond donors (Lipinski definition) is 1. The first-order valence-electron chi connectivity index (χ1n) is 10.1. The molecule has 24 heavy (non-hydrogen) atoms. The summed E-state index contributed by atoms with van der Waals surface area (Å²) in [6.45, 7) is 21.5. The summed E-state index contributed by atoms with van der Waals surface area (Å²) in [7, 11) is 0. The van der Waals surface area contributed by atoms with Gasteiger partial charge in [0.2, 0.25) is 0 Å². The maximum Gasteiger partial charge on any atom is 0.0358 e. The third-order valence-electron chi connectivity index (χ3n) is 5.88. The van der Waals surface area contributed by atoms with Crippen LogP contribution in [0, 0.1) is 17.8 Å². The van der Waals surface area contributed by atoms with Gasteiger partial charge in [-0.25, -0.2) is 0 Å². The molecule has 1 aliphatic rings. The molecule has 0 fully saturated rings. The molecule has 0 aromatic heterocycles. The molecule has 1 N–H and O–H groups in total. The Labute approximate surface area is 151 Å². The molecule has 0 aromatic carbocycles. The van der Waals surface area contributed by atoms with Gasteiger partial charge in [0.25, 0.3) is 0 Å². The minimum Gasteiger partial charge on any atom is -0.385 e. The highest BCUT2D eigenvalue weighted by Crippen LogP contribution is 2.33. The van der Waals surface area contributed by atoms with E-state index in [-0.39, 0.29) is 0 Å². The second kappa shape index (κ2) is 10.1. The van der Waals surface area contributed by atoms with Crippen molar-refractivity contribution < 1.29 is 0 Å². The standard InChI is InChI=1S/C23H41N/c1-9-17(6)12-21-13-18(7)23(24-15-21)19(8)22(16(4)5)14-20(10-2)11-3/h16,20-21,24H,6,9-15H2,1-5,7-8H3/b22-19-. The normalized spacial score (nSPS) is 19.6. The molecule has 0 bridgehead atoms. The Morgan fingerprint density at radius 3 is 2.29 bits per heavy atom. The summed E-state index contributed by atoms with van der Waals surface area (Å²) in [5.41, 5.74) is 7.53. The van der Waals surface area contributed by atoms with Crippen molar-refractivity contribution in [1.29, 1.82) is 0 Å². The number of allylic oxidation sites excluding steroid dienone is 4. The number of nitrogens with one attached hydrogen (secondary N) is 1. The van der Waals surface area contributed by atoms with E-state index in [0.29, 0.717) is 5.92 Å². The number of rotatable bonds is 9. The Morgan fingerprint density at radius 2 is 1.83 bits per heavy atom. The fourth-order valence-electron chi connectivity index (χ4n) is 4.02. The highest BCUT2D eigenvalue weighted by molar-refractivity contribution is 5.38. The molecule has 1 aliphatic heterocycles. The molecule has 1 heteroatoms. The molecule has 138 valence electrons. The van der Waals surface area contributed by atoms with Gasteiger partial charge >= 0.3 is 0 Å². The first-order chi connectivity index (χ1) is 11.3. The van der Waals surface area contributed by atoms with Gasteiger partial charge < -0.3 is 5.32 Å². The molecular formula is C23H41N. The van der Waals surface area contributed by atoms with Crippen molar-refractivity contribution >= 4 is 0 Å². The summed E-state index contributed by atoms with van der Waals surface area (Å²) in [5, 5.41) is 3.77. The van der Waals surface area contributed by atoms with Gasteiger partial charge in [-0.3, -0.25) is 0 Å². The van der Waals surface area contributed by atoms with Crippen LogP contribution in [0.15, 0.2) is 34.6 Å². The fraction of sp³-hybridized carbons (Fsp3) is 0.739. The van der Waals surface area contributed by atoms with Crippen LogP contribution in [0.5, 0.6) is 0 Å². The largest absolute Gasteiger partial charge is 0.385 e. The molecule has 1 rings (SSSR count). The quantitative estimate of drug-likeness (QED) is 0.447. The topological polar surface area (TPSA) is 12.0 Å². The van der Waals surface area contributed by atoms with Crippen molar-refractivity contribution in [3.05, 3.63) is 34.6 Å². The van der Waals surface area contributed by atoms with E-state index in [0.717, 1.165) is 24.8 Å². The molecule has 1 nitrogen and oxygen atoms in total. The molecule has 1 heterocycles. The van der Waals surface area contributed by atoms with E-state index in [1.54, 1.807) is 5.57 Å². The van der Waals surface area contributed by atoms with E-state index in [1.807, 2.05) is 0 Å². The van der Waals surface area contributed by atoms with Crippen molar-refractivity contribution in [2.24, 2.45) is 17.8 Å². The Kier molecular flexibility index (Phi) is 8.87. The van der Waals surface area contributed by atoms with Gasteiger partial charge in [-0.2, -0.15) is 0 Å². The van der Waals surface area contributed by atoms with Crippen LogP contribution in [0.2, 0.25) is 0 Å². The van der Waals surface area contributed by atoms with E-state index in [2.05, 4.69) is 60.4 Å². The zero-order valence-corrected chi connectivity index (χ0v) is 17.4. The number of hydrogen-bond acceptors (Lipinski definition) is 1. The minimum atomic E-state index is 0.630. The van der Waals surface area contributed by atoms with Gasteiger partial charge in [0.15, 0.2) is 0 Å². The maximum absolute atomic E-state index is 4.20. The molecule has 0 amide bonds. The minimum absolute atomic E-state index is 0.630. The molecule has 0 aliphatic carbocycles. The first kappa shape index (κ1) is 21.1. The predicted octanol–water partition coefficient (Wildman–Crippen LogP) is 7.03. The summed E-state index contributed by atoms with van der Waals surface area (Å²) < 4.78 is 0. The Hall–Kier alpha value is -0.980. The third kappa shape index (κ3) is 5.83. The summed E-state index contributed by atoms with van der Waals surface area (Å²) >= 11 is 0. The maximum atomic E-state index is 4.20. The Balaban J connectivity index is 2.98. The lowest BCUT2D eigenvalue weighted by molar-refractivity contribution is 0.452. The van der Waals surface area contributed by atoms with Gasteiger partial charge in [0, 0.05) is 12.2 Å². The van der Waals surface area contributed by atoms with Crippen LogP contribution in [0.4, 0.5) is 0 Å². The van der Waals surface area contributed by atoms with Crippen LogP contribution in [0.25, 0.3) is 0 Å². The van der Waals surface area contributed by atoms with Gasteiger partial charge in [-0.15, -0.1) is 0 Å². The molecule has 0 spiro atoms. The van der Waals surface area contributed by atoms with E-state index in [9.17, 15) is 0 Å². The SMILES string of the molecule is C=C(CC)CC1CNC(/C(C)=C(/CC(CC)CC)C(C)C)=C(C)C1. The zero-order valence-electron chi connectivity index (χ0n) is 17.4. The molecule has 0 saturated heterocycles. The van der Waals surface area contributed by atoms with E-state index < -0.39 is 0 Å². The fourth-order valence-corrected chi connectivity index (χ4v) is 4.02. The van der Waals surface area contributed by atoms with Gasteiger partial charge in [0.05, 0.1) is 0 Å². The second-order valence-corrected chi connectivity index (χ2v) is 8.11. The Morgan fingerprint density at radius 1 is 1.21 bits per heavy atom. The second-order valence-electron chi connectivity index (χ2n) is 8.11. The van der Waals surface area contributed by atoms with Crippen LogP contribution in [-0.2, 0) is 0 Å². The van der Waals surface area contributed by atoms with Crippen molar-refractivity contribution in [3.63, 3.8) is 0 Å². The van der Waals surface area contributed by atoms with E-state index >= 15 is 0 Å². The van der Waals surface area contributed by atoms with Crippen LogP contribution in [-0.4, -0.2) is 6.54 Å². The summed E-state index contributed by atoms with van der Waals surface area (Å²) in [6, 6.07) is 0. The van der Waals surface area contributed by atoms with Crippen molar-refractivity contribution in [2.75, 3.05) is 6.54 Å². The third-order valence-corrected chi connectivity index (χ3v) is 5.88. The van der Waals surface area contributed by atoms with Gasteiger partial charge in [-0.05, 0) is 68.4 Å². The van der Waals surface area contributed by atoms with Gasteiger partial charge in [0.1, 0.15) is 0 Å². The van der Waals surface area contributed by atoms with Crippen molar-refractivity contribution in [3.8, 4) is 0 Å². The van der Waals surface area contributed by atoms with Crippen LogP contribution >= 0.6 is 0 Å². The average molecular weight is 332 g/mol. The molecular weight excluding hydrogens is 290 g/mol. The summed E-state index contributed by atoms with van der Waals surface area (Å²) in [5.74, 6) is 2.17. The van der Waals surface area contributed by atoms with Crippen LogP contribution in [0.3, 0.4) is 0 Å². The lowest BCUT2D eigenvalue weighted by Crippen LogP contribution is -2.30. The lowest BCUT2D eigenvalue weighted by Gasteiger charge is -2.31.